The number of hydrogen-bond acceptors (Lipinski definition) is 5. The fourth-order valence-corrected chi connectivity index (χ4v) is 3.76. The van der Waals surface area contributed by atoms with E-state index in [0.29, 0.717) is 11.3 Å². The van der Waals surface area contributed by atoms with Crippen molar-refractivity contribution < 1.29 is 19.4 Å². The van der Waals surface area contributed by atoms with E-state index in [1.165, 1.54) is 23.3 Å². The van der Waals surface area contributed by atoms with Gasteiger partial charge in [-0.15, -0.1) is 11.3 Å². The van der Waals surface area contributed by atoms with Crippen molar-refractivity contribution >= 4 is 28.8 Å². The fourth-order valence-electron chi connectivity index (χ4n) is 2.88. The number of aryl methyl sites for hydroxylation is 1. The number of nitrogens with zero attached hydrogens (tertiary/aromatic N) is 1. The Morgan fingerprint density at radius 3 is 2.67 bits per heavy atom. The minimum absolute atomic E-state index is 0.0915. The minimum atomic E-state index is -0.683. The monoisotopic (exact) mass is 343 g/mol. The number of benzene rings is 1. The Hall–Kier alpha value is -2.60. The van der Waals surface area contributed by atoms with Gasteiger partial charge in [0, 0.05) is 11.9 Å². The molecule has 1 aliphatic rings. The average Bonchev–Trinajstić information content (AvgIpc) is 3.17. The molecule has 1 unspecified atom stereocenters. The molecular weight excluding hydrogens is 326 g/mol. The summed E-state index contributed by atoms with van der Waals surface area (Å²) in [5, 5.41) is 12.7. The third-order valence-electron chi connectivity index (χ3n) is 4.10. The van der Waals surface area contributed by atoms with Crippen molar-refractivity contribution in [3.8, 4) is 5.75 Å². The number of hydrogen-bond donors (Lipinski definition) is 1. The van der Waals surface area contributed by atoms with Gasteiger partial charge in [0.25, 0.3) is 11.7 Å². The van der Waals surface area contributed by atoms with Crippen LogP contribution in [-0.2, 0) is 9.59 Å². The van der Waals surface area contributed by atoms with Crippen LogP contribution >= 0.6 is 11.3 Å². The maximum Gasteiger partial charge on any atom is 0.295 e. The molecule has 5 nitrogen and oxygen atoms in total. The number of likely N-dealkylation sites (tertiary alicyclic amines) is 1. The van der Waals surface area contributed by atoms with Crippen LogP contribution in [0.4, 0.5) is 0 Å². The lowest BCUT2D eigenvalue weighted by Gasteiger charge is -2.19. The van der Waals surface area contributed by atoms with Gasteiger partial charge in [-0.05, 0) is 30.5 Å². The van der Waals surface area contributed by atoms with Crippen molar-refractivity contribution in [2.24, 2.45) is 0 Å². The molecule has 1 saturated heterocycles. The molecule has 2 aromatic rings. The number of methoxy groups -OCH3 is 1. The molecule has 1 atom stereocenters. The average molecular weight is 343 g/mol. The lowest BCUT2D eigenvalue weighted by atomic mass is 9.98. The van der Waals surface area contributed by atoms with Crippen LogP contribution in [0.15, 0.2) is 41.3 Å². The van der Waals surface area contributed by atoms with Crippen molar-refractivity contribution in [3.05, 3.63) is 57.3 Å². The van der Waals surface area contributed by atoms with E-state index in [2.05, 4.69) is 0 Å². The third-order valence-corrected chi connectivity index (χ3v) is 5.02. The minimum Gasteiger partial charge on any atom is -0.507 e. The van der Waals surface area contributed by atoms with E-state index in [-0.39, 0.29) is 11.3 Å². The molecule has 1 N–H and O–H groups in total. The highest BCUT2D eigenvalue weighted by atomic mass is 32.1. The van der Waals surface area contributed by atoms with E-state index in [4.69, 9.17) is 4.74 Å². The van der Waals surface area contributed by atoms with Gasteiger partial charge in [-0.2, -0.15) is 0 Å². The maximum absolute atomic E-state index is 12.5. The number of ketones is 1. The van der Waals surface area contributed by atoms with Gasteiger partial charge >= 0.3 is 0 Å². The smallest absolute Gasteiger partial charge is 0.295 e. The van der Waals surface area contributed by atoms with Crippen LogP contribution in [0.5, 0.6) is 5.75 Å². The molecule has 3 rings (SSSR count). The number of rotatable bonds is 3. The zero-order valence-electron chi connectivity index (χ0n) is 13.6. The van der Waals surface area contributed by atoms with Gasteiger partial charge in [-0.25, -0.2) is 0 Å². The van der Waals surface area contributed by atoms with Gasteiger partial charge in [0.2, 0.25) is 0 Å². The van der Waals surface area contributed by atoms with Crippen molar-refractivity contribution in [1.29, 1.82) is 0 Å². The van der Waals surface area contributed by atoms with Crippen molar-refractivity contribution in [1.82, 2.24) is 4.90 Å². The number of carbonyl (C=O) groups excluding carboxylic acids is 2. The van der Waals surface area contributed by atoms with E-state index in [1.807, 2.05) is 30.5 Å². The highest BCUT2D eigenvalue weighted by Gasteiger charge is 2.44. The number of Topliss-reactive ketones (excluding diaryl/α,β-unsaturated/α-hetero) is 1. The van der Waals surface area contributed by atoms with Crippen LogP contribution in [0.2, 0.25) is 0 Å². The Kier molecular flexibility index (Phi) is 4.15. The number of carbonyl (C=O) groups is 2. The first kappa shape index (κ1) is 16.3. The van der Waals surface area contributed by atoms with Crippen LogP contribution in [0, 0.1) is 6.92 Å². The van der Waals surface area contributed by atoms with Gasteiger partial charge in [-0.1, -0.05) is 17.7 Å². The van der Waals surface area contributed by atoms with Gasteiger partial charge < -0.3 is 14.7 Å². The summed E-state index contributed by atoms with van der Waals surface area (Å²) < 4.78 is 5.29. The Labute approximate surface area is 143 Å². The normalized spacial score (nSPS) is 19.8. The number of aliphatic hydroxyl groups is 1. The van der Waals surface area contributed by atoms with E-state index in [0.717, 1.165) is 10.4 Å². The first-order valence-electron chi connectivity index (χ1n) is 7.38. The molecule has 1 aromatic heterocycles. The van der Waals surface area contributed by atoms with Crippen LogP contribution < -0.4 is 4.74 Å². The molecule has 0 spiro atoms. The topological polar surface area (TPSA) is 66.8 Å². The lowest BCUT2D eigenvalue weighted by molar-refractivity contribution is -0.139. The summed E-state index contributed by atoms with van der Waals surface area (Å²) in [7, 11) is 3.06. The SMILES string of the molecule is COc1ccc(C)cc1/C(O)=C1\C(=O)C(=O)N(C)C1c1cccs1. The zero-order valence-corrected chi connectivity index (χ0v) is 14.4. The Balaban J connectivity index is 2.23. The molecule has 2 heterocycles. The first-order valence-corrected chi connectivity index (χ1v) is 8.26. The first-order chi connectivity index (χ1) is 11.5. The van der Waals surface area contributed by atoms with Gasteiger partial charge in [-0.3, -0.25) is 9.59 Å². The number of likely N-dealkylation sites (N-methyl/N-ethyl adjacent to an activating group) is 1. The largest absolute Gasteiger partial charge is 0.507 e. The van der Waals surface area contributed by atoms with E-state index in [9.17, 15) is 14.7 Å². The second kappa shape index (κ2) is 6.13. The molecule has 0 bridgehead atoms. The van der Waals surface area contributed by atoms with E-state index >= 15 is 0 Å². The van der Waals surface area contributed by atoms with Crippen molar-refractivity contribution in [3.63, 3.8) is 0 Å². The summed E-state index contributed by atoms with van der Waals surface area (Å²) in [6.45, 7) is 1.88. The van der Waals surface area contributed by atoms with Crippen LogP contribution in [0.1, 0.15) is 22.0 Å². The summed E-state index contributed by atoms with van der Waals surface area (Å²) in [6.07, 6.45) is 0. The van der Waals surface area contributed by atoms with Gasteiger partial charge in [0.15, 0.2) is 0 Å². The Morgan fingerprint density at radius 1 is 1.29 bits per heavy atom. The lowest BCUT2D eigenvalue weighted by Crippen LogP contribution is -2.24. The maximum atomic E-state index is 12.5. The molecule has 0 radical (unpaired) electrons. The number of ether oxygens (including phenoxy) is 1. The Morgan fingerprint density at radius 2 is 2.04 bits per heavy atom. The predicted octanol–water partition coefficient (Wildman–Crippen LogP) is 3.12. The standard InChI is InChI=1S/C18H17NO4S/c1-10-6-7-12(23-3)11(9-10)16(20)14-15(13-5-4-8-24-13)19(2)18(22)17(14)21/h4-9,15,20H,1-3H3/b16-14+. The highest BCUT2D eigenvalue weighted by Crippen LogP contribution is 2.41. The quantitative estimate of drug-likeness (QED) is 0.528. The highest BCUT2D eigenvalue weighted by molar-refractivity contribution is 7.10. The molecule has 1 fully saturated rings. The summed E-state index contributed by atoms with van der Waals surface area (Å²) >= 11 is 1.43. The number of thiophene rings is 1. The molecule has 124 valence electrons. The second-order valence-corrected chi connectivity index (χ2v) is 6.61. The van der Waals surface area contributed by atoms with Gasteiger partial charge in [0.1, 0.15) is 11.5 Å². The van der Waals surface area contributed by atoms with E-state index in [1.54, 1.807) is 19.2 Å². The molecule has 0 saturated carbocycles. The summed E-state index contributed by atoms with van der Waals surface area (Å²) in [5.41, 5.74) is 1.41. The fraction of sp³-hybridized carbons (Fsp3) is 0.222. The van der Waals surface area contributed by atoms with E-state index < -0.39 is 17.7 Å². The van der Waals surface area contributed by atoms with Crippen LogP contribution in [-0.4, -0.2) is 35.9 Å². The van der Waals surface area contributed by atoms with Crippen molar-refractivity contribution in [2.75, 3.05) is 14.2 Å². The Bertz CT molecular complexity index is 839. The number of aliphatic hydroxyl groups excluding tert-OH is 1. The number of amides is 1. The summed E-state index contributed by atoms with van der Waals surface area (Å²) in [4.78, 5) is 26.8. The predicted molar refractivity (Wildman–Crippen MR) is 92.1 cm³/mol. The zero-order chi connectivity index (χ0) is 17.4. The van der Waals surface area contributed by atoms with Gasteiger partial charge in [0.05, 0.1) is 24.3 Å². The molecule has 24 heavy (non-hydrogen) atoms. The second-order valence-electron chi connectivity index (χ2n) is 5.63. The van der Waals surface area contributed by atoms with Crippen LogP contribution in [0.25, 0.3) is 5.76 Å². The van der Waals surface area contributed by atoms with Crippen molar-refractivity contribution in [2.45, 2.75) is 13.0 Å². The summed E-state index contributed by atoms with van der Waals surface area (Å²) in [6, 6.07) is 8.43. The molecule has 1 aromatic carbocycles. The molecule has 1 amide bonds. The summed E-state index contributed by atoms with van der Waals surface area (Å²) in [5.74, 6) is -1.07. The van der Waals surface area contributed by atoms with Crippen LogP contribution in [0.3, 0.4) is 0 Å². The molecule has 1 aliphatic heterocycles. The molecule has 6 heteroatoms. The molecule has 0 aliphatic carbocycles. The molecular formula is C18H17NO4S. The third kappa shape index (κ3) is 2.49.